The predicted octanol–water partition coefficient (Wildman–Crippen LogP) is 1.25. The van der Waals surface area contributed by atoms with Gasteiger partial charge in [0.15, 0.2) is 0 Å². The van der Waals surface area contributed by atoms with Gasteiger partial charge in [-0.15, -0.1) is 0 Å². The van der Waals surface area contributed by atoms with Gasteiger partial charge >= 0.3 is 0 Å². The molecule has 7 heteroatoms. The monoisotopic (exact) mass is 305 g/mol. The quantitative estimate of drug-likeness (QED) is 0.750. The van der Waals surface area contributed by atoms with Crippen LogP contribution in [0.4, 0.5) is 0 Å². The fraction of sp³-hybridized carbons (Fsp3) is 0.917. The first kappa shape index (κ1) is 15.2. The molecule has 1 saturated carbocycles. The average Bonchev–Trinajstić information content (AvgIpc) is 3.15. The molecule has 1 aliphatic carbocycles. The van der Waals surface area contributed by atoms with Crippen LogP contribution in [0.3, 0.4) is 0 Å². The van der Waals surface area contributed by atoms with Gasteiger partial charge in [-0.1, -0.05) is 25.1 Å². The molecule has 2 rings (SSSR count). The van der Waals surface area contributed by atoms with E-state index >= 15 is 0 Å². The van der Waals surface area contributed by atoms with Crippen molar-refractivity contribution < 1.29 is 8.42 Å². The molecular weight excluding hydrogens is 282 g/mol. The molecule has 0 radical (unpaired) electrons. The van der Waals surface area contributed by atoms with E-state index in [1.807, 2.05) is 0 Å². The zero-order valence-corrected chi connectivity index (χ0v) is 12.9. The molecule has 19 heavy (non-hydrogen) atoms. The van der Waals surface area contributed by atoms with Crippen LogP contribution in [0, 0.1) is 0 Å². The van der Waals surface area contributed by atoms with E-state index < -0.39 is 10.2 Å². The molecule has 2 N–H and O–H groups in total. The lowest BCUT2D eigenvalue weighted by molar-refractivity contribution is 0.339. The van der Waals surface area contributed by atoms with E-state index in [-0.39, 0.29) is 6.04 Å². The minimum atomic E-state index is -3.33. The lowest BCUT2D eigenvalue weighted by Crippen LogP contribution is -2.46. The van der Waals surface area contributed by atoms with Crippen molar-refractivity contribution in [1.29, 1.82) is 0 Å². The van der Waals surface area contributed by atoms with Gasteiger partial charge in [-0.2, -0.15) is 17.0 Å². The second-order valence-corrected chi connectivity index (χ2v) is 7.78. The molecule has 0 aromatic heterocycles. The molecular formula is C12H23N3O2S2. The molecule has 0 aromatic rings. The number of hydrogen-bond acceptors (Lipinski definition) is 3. The summed E-state index contributed by atoms with van der Waals surface area (Å²) in [4.78, 5) is 0.386. The first-order valence-corrected chi connectivity index (χ1v) is 8.87. The maximum atomic E-state index is 12.7. The lowest BCUT2D eigenvalue weighted by Gasteiger charge is -2.29. The summed E-state index contributed by atoms with van der Waals surface area (Å²) in [6.45, 7) is 1.73. The Kier molecular flexibility index (Phi) is 5.16. The Hall–Kier alpha value is -0.240. The fourth-order valence-corrected chi connectivity index (χ4v) is 4.51. The van der Waals surface area contributed by atoms with Gasteiger partial charge in [0.2, 0.25) is 0 Å². The molecule has 0 aromatic carbocycles. The Morgan fingerprint density at radius 3 is 2.26 bits per heavy atom. The van der Waals surface area contributed by atoms with Crippen LogP contribution in [0.25, 0.3) is 0 Å². The van der Waals surface area contributed by atoms with Gasteiger partial charge in [0.1, 0.15) is 0 Å². The number of nitrogens with two attached hydrogens (primary N) is 1. The predicted molar refractivity (Wildman–Crippen MR) is 80.1 cm³/mol. The van der Waals surface area contributed by atoms with E-state index in [4.69, 9.17) is 18.0 Å². The van der Waals surface area contributed by atoms with Crippen LogP contribution in [-0.2, 0) is 10.2 Å². The SMILES string of the molecule is NC(=S)CCN(C1CC1)S(=O)(=O)N1CCCCCC1. The highest BCUT2D eigenvalue weighted by atomic mass is 32.2. The van der Waals surface area contributed by atoms with Gasteiger partial charge in [0.05, 0.1) is 4.99 Å². The van der Waals surface area contributed by atoms with Crippen LogP contribution in [0.1, 0.15) is 44.9 Å². The fourth-order valence-electron chi connectivity index (χ4n) is 2.49. The van der Waals surface area contributed by atoms with Crippen molar-refractivity contribution >= 4 is 27.4 Å². The van der Waals surface area contributed by atoms with Crippen LogP contribution in [0.2, 0.25) is 0 Å². The first-order valence-electron chi connectivity index (χ1n) is 7.07. The van der Waals surface area contributed by atoms with E-state index in [2.05, 4.69) is 0 Å². The summed E-state index contributed by atoms with van der Waals surface area (Å²) in [5.74, 6) is 0. The van der Waals surface area contributed by atoms with Crippen molar-refractivity contribution in [3.63, 3.8) is 0 Å². The lowest BCUT2D eigenvalue weighted by atomic mass is 10.2. The second-order valence-electron chi connectivity index (χ2n) is 5.38. The first-order chi connectivity index (χ1) is 9.01. The highest BCUT2D eigenvalue weighted by molar-refractivity contribution is 7.86. The number of nitrogens with zero attached hydrogens (tertiary/aromatic N) is 2. The molecule has 0 bridgehead atoms. The molecule has 0 amide bonds. The summed E-state index contributed by atoms with van der Waals surface area (Å²) in [5, 5.41) is 0. The Morgan fingerprint density at radius 2 is 1.79 bits per heavy atom. The van der Waals surface area contributed by atoms with Crippen LogP contribution < -0.4 is 5.73 Å². The normalized spacial score (nSPS) is 22.4. The molecule has 1 aliphatic heterocycles. The highest BCUT2D eigenvalue weighted by Crippen LogP contribution is 2.31. The zero-order valence-electron chi connectivity index (χ0n) is 11.3. The second kappa shape index (κ2) is 6.47. The van der Waals surface area contributed by atoms with Gasteiger partial charge in [0, 0.05) is 32.1 Å². The largest absolute Gasteiger partial charge is 0.393 e. The molecule has 2 aliphatic rings. The van der Waals surface area contributed by atoms with Crippen LogP contribution >= 0.6 is 12.2 Å². The Balaban J connectivity index is 2.06. The zero-order chi connectivity index (χ0) is 13.9. The van der Waals surface area contributed by atoms with Gasteiger partial charge in [0.25, 0.3) is 10.2 Å². The molecule has 1 heterocycles. The number of hydrogen-bond donors (Lipinski definition) is 1. The average molecular weight is 305 g/mol. The third-order valence-electron chi connectivity index (χ3n) is 3.72. The van der Waals surface area contributed by atoms with E-state index in [1.165, 1.54) is 0 Å². The molecule has 1 saturated heterocycles. The molecule has 2 fully saturated rings. The van der Waals surface area contributed by atoms with Crippen molar-refractivity contribution in [3.05, 3.63) is 0 Å². The molecule has 0 spiro atoms. The Bertz CT molecular complexity index is 413. The minimum absolute atomic E-state index is 0.169. The summed E-state index contributed by atoms with van der Waals surface area (Å²) in [5.41, 5.74) is 5.50. The Labute approximate surface area is 121 Å². The van der Waals surface area contributed by atoms with Gasteiger partial charge < -0.3 is 5.73 Å². The summed E-state index contributed by atoms with van der Waals surface area (Å²) in [6, 6.07) is 0.169. The Morgan fingerprint density at radius 1 is 1.21 bits per heavy atom. The van der Waals surface area contributed by atoms with Crippen LogP contribution in [0.15, 0.2) is 0 Å². The smallest absolute Gasteiger partial charge is 0.282 e. The molecule has 5 nitrogen and oxygen atoms in total. The molecule has 0 unspecified atom stereocenters. The van der Waals surface area contributed by atoms with Gasteiger partial charge in [-0.05, 0) is 25.7 Å². The van der Waals surface area contributed by atoms with Crippen molar-refractivity contribution in [1.82, 2.24) is 8.61 Å². The van der Waals surface area contributed by atoms with Gasteiger partial charge in [-0.3, -0.25) is 0 Å². The van der Waals surface area contributed by atoms with E-state index in [1.54, 1.807) is 8.61 Å². The number of rotatable bonds is 6. The maximum Gasteiger partial charge on any atom is 0.282 e. The topological polar surface area (TPSA) is 66.6 Å². The van der Waals surface area contributed by atoms with Crippen molar-refractivity contribution in [2.75, 3.05) is 19.6 Å². The maximum absolute atomic E-state index is 12.7. The van der Waals surface area contributed by atoms with E-state index in [9.17, 15) is 8.42 Å². The highest BCUT2D eigenvalue weighted by Gasteiger charge is 2.40. The van der Waals surface area contributed by atoms with Crippen LogP contribution in [0.5, 0.6) is 0 Å². The molecule has 110 valence electrons. The van der Waals surface area contributed by atoms with Gasteiger partial charge in [-0.25, -0.2) is 0 Å². The summed E-state index contributed by atoms with van der Waals surface area (Å²) >= 11 is 4.86. The van der Waals surface area contributed by atoms with Crippen molar-refractivity contribution in [2.24, 2.45) is 5.73 Å². The standard InChI is InChI=1S/C12H23N3O2S2/c13-12(18)7-10-15(11-5-6-11)19(16,17)14-8-3-1-2-4-9-14/h11H,1-10H2,(H2,13,18). The van der Waals surface area contributed by atoms with E-state index in [0.29, 0.717) is 31.0 Å². The summed E-state index contributed by atoms with van der Waals surface area (Å²) < 4.78 is 28.7. The van der Waals surface area contributed by atoms with Crippen molar-refractivity contribution in [2.45, 2.75) is 51.0 Å². The third kappa shape index (κ3) is 4.11. The summed E-state index contributed by atoms with van der Waals surface area (Å²) in [7, 11) is -3.33. The van der Waals surface area contributed by atoms with Crippen molar-refractivity contribution in [3.8, 4) is 0 Å². The molecule has 0 atom stereocenters. The third-order valence-corrected chi connectivity index (χ3v) is 6.02. The summed E-state index contributed by atoms with van der Waals surface area (Å²) in [6.07, 6.45) is 6.58. The van der Waals surface area contributed by atoms with E-state index in [0.717, 1.165) is 38.5 Å². The minimum Gasteiger partial charge on any atom is -0.393 e. The van der Waals surface area contributed by atoms with Crippen LogP contribution in [-0.4, -0.2) is 47.7 Å². The number of thiocarbonyl (C=S) groups is 1.